The van der Waals surface area contributed by atoms with Crippen molar-refractivity contribution in [3.8, 4) is 5.69 Å². The number of nitrogens with zero attached hydrogens (tertiary/aromatic N) is 5. The minimum atomic E-state index is -0.138. The lowest BCUT2D eigenvalue weighted by molar-refractivity contribution is 0.731. The van der Waals surface area contributed by atoms with Crippen LogP contribution in [-0.4, -0.2) is 25.5 Å². The van der Waals surface area contributed by atoms with Crippen LogP contribution in [0.5, 0.6) is 0 Å². The number of aromatic nitrogens is 4. The van der Waals surface area contributed by atoms with E-state index in [0.717, 1.165) is 33.8 Å². The number of aryl methyl sites for hydroxylation is 3. The molecule has 0 saturated heterocycles. The normalized spacial score (nSPS) is 11.5. The maximum absolute atomic E-state index is 13.4. The van der Waals surface area contributed by atoms with Crippen LogP contribution in [0.3, 0.4) is 0 Å². The average Bonchev–Trinajstić information content (AvgIpc) is 2.97. The van der Waals surface area contributed by atoms with Crippen LogP contribution in [0.15, 0.2) is 52.4 Å². The fourth-order valence-electron chi connectivity index (χ4n) is 3.54. The van der Waals surface area contributed by atoms with Crippen molar-refractivity contribution in [2.75, 3.05) is 5.43 Å². The van der Waals surface area contributed by atoms with Gasteiger partial charge in [-0.05, 0) is 57.0 Å². The fraction of sp³-hybridized carbons (Fsp3) is 0.217. The number of anilines is 1. The second-order valence-electron chi connectivity index (χ2n) is 7.39. The highest BCUT2D eigenvalue weighted by Crippen LogP contribution is 2.21. The summed E-state index contributed by atoms with van der Waals surface area (Å²) in [6.07, 6.45) is 1.71. The molecule has 152 valence electrons. The molecule has 0 spiro atoms. The third-order valence-corrected chi connectivity index (χ3v) is 5.52. The Kier molecular flexibility index (Phi) is 4.95. The zero-order chi connectivity index (χ0) is 21.4. The summed E-state index contributed by atoms with van der Waals surface area (Å²) in [5.41, 5.74) is 9.20. The van der Waals surface area contributed by atoms with Crippen molar-refractivity contribution < 1.29 is 0 Å². The molecule has 1 N–H and O–H groups in total. The van der Waals surface area contributed by atoms with E-state index in [-0.39, 0.29) is 5.56 Å². The maximum atomic E-state index is 13.4. The van der Waals surface area contributed by atoms with Gasteiger partial charge in [-0.3, -0.25) is 9.48 Å². The van der Waals surface area contributed by atoms with Crippen LogP contribution in [-0.2, 0) is 7.05 Å². The molecule has 0 bridgehead atoms. The molecule has 30 heavy (non-hydrogen) atoms. The van der Waals surface area contributed by atoms with Crippen molar-refractivity contribution in [1.29, 1.82) is 0 Å². The van der Waals surface area contributed by atoms with Gasteiger partial charge < -0.3 is 0 Å². The molecule has 7 heteroatoms. The molecule has 2 aromatic heterocycles. The molecule has 0 aliphatic carbocycles. The first-order valence-electron chi connectivity index (χ1n) is 9.76. The molecule has 0 fully saturated rings. The first-order chi connectivity index (χ1) is 14.4. The van der Waals surface area contributed by atoms with Crippen LogP contribution in [0.1, 0.15) is 28.1 Å². The smallest absolute Gasteiger partial charge is 0.267 e. The predicted molar refractivity (Wildman–Crippen MR) is 121 cm³/mol. The second kappa shape index (κ2) is 7.59. The Morgan fingerprint density at radius 2 is 1.80 bits per heavy atom. The Labute approximate surface area is 174 Å². The minimum absolute atomic E-state index is 0.138. The van der Waals surface area contributed by atoms with Crippen molar-refractivity contribution >= 4 is 23.1 Å². The highest BCUT2D eigenvalue weighted by molar-refractivity contribution is 5.83. The standard InChI is InChI=1S/C23H24N6O/c1-14-9-8-12-21(15(14)2)29-22(30)18-10-6-7-11-20(18)25-23(29)26-24-13-19-16(3)27-28(5)17(19)4/h6-13H,1-5H3,(H,25,26)/b24-13-. The third-order valence-electron chi connectivity index (χ3n) is 5.52. The molecular weight excluding hydrogens is 376 g/mol. The number of hydrogen-bond acceptors (Lipinski definition) is 5. The largest absolute Gasteiger partial charge is 0.272 e. The molecule has 0 unspecified atom stereocenters. The first kappa shape index (κ1) is 19.6. The van der Waals surface area contributed by atoms with Crippen LogP contribution < -0.4 is 11.0 Å². The van der Waals surface area contributed by atoms with Crippen molar-refractivity contribution in [3.05, 3.63) is 80.9 Å². The summed E-state index contributed by atoms with van der Waals surface area (Å²) in [6, 6.07) is 13.2. The van der Waals surface area contributed by atoms with Gasteiger partial charge >= 0.3 is 0 Å². The van der Waals surface area contributed by atoms with Gasteiger partial charge in [-0.1, -0.05) is 24.3 Å². The van der Waals surface area contributed by atoms with E-state index in [1.807, 2.05) is 75.8 Å². The highest BCUT2D eigenvalue weighted by Gasteiger charge is 2.15. The molecule has 0 radical (unpaired) electrons. The topological polar surface area (TPSA) is 77.1 Å². The number of nitrogens with one attached hydrogen (secondary N) is 1. The number of fused-ring (bicyclic) bond motifs is 1. The zero-order valence-corrected chi connectivity index (χ0v) is 17.8. The number of hydrazone groups is 1. The summed E-state index contributed by atoms with van der Waals surface area (Å²) < 4.78 is 3.40. The molecule has 4 aromatic rings. The summed E-state index contributed by atoms with van der Waals surface area (Å²) >= 11 is 0. The maximum Gasteiger partial charge on any atom is 0.267 e. The van der Waals surface area contributed by atoms with Gasteiger partial charge in [-0.2, -0.15) is 10.2 Å². The van der Waals surface area contributed by atoms with E-state index < -0.39 is 0 Å². The van der Waals surface area contributed by atoms with Crippen molar-refractivity contribution in [2.45, 2.75) is 27.7 Å². The van der Waals surface area contributed by atoms with E-state index in [0.29, 0.717) is 16.9 Å². The van der Waals surface area contributed by atoms with Gasteiger partial charge in [0.25, 0.3) is 5.56 Å². The van der Waals surface area contributed by atoms with E-state index >= 15 is 0 Å². The number of para-hydroxylation sites is 1. The molecular formula is C23H24N6O. The quantitative estimate of drug-likeness (QED) is 0.418. The lowest BCUT2D eigenvalue weighted by Gasteiger charge is -2.16. The molecule has 2 heterocycles. The van der Waals surface area contributed by atoms with Crippen LogP contribution in [0, 0.1) is 27.7 Å². The zero-order valence-electron chi connectivity index (χ0n) is 17.8. The van der Waals surface area contributed by atoms with Gasteiger partial charge in [0.1, 0.15) is 0 Å². The monoisotopic (exact) mass is 400 g/mol. The van der Waals surface area contributed by atoms with Crippen LogP contribution in [0.4, 0.5) is 5.95 Å². The number of benzene rings is 2. The van der Waals surface area contributed by atoms with E-state index in [1.165, 1.54) is 0 Å². The molecule has 0 saturated carbocycles. The van der Waals surface area contributed by atoms with E-state index in [2.05, 4.69) is 20.6 Å². The van der Waals surface area contributed by atoms with Crippen molar-refractivity contribution in [2.24, 2.45) is 12.1 Å². The van der Waals surface area contributed by atoms with Crippen LogP contribution in [0.2, 0.25) is 0 Å². The summed E-state index contributed by atoms with van der Waals surface area (Å²) in [5.74, 6) is 0.364. The minimum Gasteiger partial charge on any atom is -0.272 e. The Morgan fingerprint density at radius 1 is 1.03 bits per heavy atom. The van der Waals surface area contributed by atoms with Crippen molar-refractivity contribution in [1.82, 2.24) is 19.3 Å². The molecule has 7 nitrogen and oxygen atoms in total. The summed E-state index contributed by atoms with van der Waals surface area (Å²) in [5, 5.41) is 9.35. The number of hydrogen-bond donors (Lipinski definition) is 1. The van der Waals surface area contributed by atoms with Gasteiger partial charge in [-0.15, -0.1) is 0 Å². The molecule has 0 amide bonds. The first-order valence-corrected chi connectivity index (χ1v) is 9.76. The lowest BCUT2D eigenvalue weighted by atomic mass is 10.1. The highest BCUT2D eigenvalue weighted by atomic mass is 16.1. The predicted octanol–water partition coefficient (Wildman–Crippen LogP) is 3.80. The van der Waals surface area contributed by atoms with E-state index in [4.69, 9.17) is 0 Å². The number of rotatable bonds is 4. The summed E-state index contributed by atoms with van der Waals surface area (Å²) in [7, 11) is 1.90. The Bertz CT molecular complexity index is 1350. The second-order valence-corrected chi connectivity index (χ2v) is 7.39. The van der Waals surface area contributed by atoms with Crippen LogP contribution in [0.25, 0.3) is 16.6 Å². The SMILES string of the molecule is Cc1cccc(-n2c(N/N=C\c3c(C)nn(C)c3C)nc3ccccc3c2=O)c1C. The van der Waals surface area contributed by atoms with Crippen LogP contribution >= 0.6 is 0 Å². The molecule has 0 aliphatic rings. The van der Waals surface area contributed by atoms with E-state index in [9.17, 15) is 4.79 Å². The third kappa shape index (κ3) is 3.28. The van der Waals surface area contributed by atoms with Gasteiger partial charge in [0.15, 0.2) is 0 Å². The molecule has 2 aromatic carbocycles. The summed E-state index contributed by atoms with van der Waals surface area (Å²) in [6.45, 7) is 7.95. The summed E-state index contributed by atoms with van der Waals surface area (Å²) in [4.78, 5) is 18.1. The Balaban J connectivity index is 1.87. The van der Waals surface area contributed by atoms with Crippen molar-refractivity contribution in [3.63, 3.8) is 0 Å². The molecule has 4 rings (SSSR count). The lowest BCUT2D eigenvalue weighted by Crippen LogP contribution is -2.23. The average molecular weight is 400 g/mol. The van der Waals surface area contributed by atoms with E-state index in [1.54, 1.807) is 16.8 Å². The fourth-order valence-corrected chi connectivity index (χ4v) is 3.54. The van der Waals surface area contributed by atoms with Gasteiger partial charge in [0.05, 0.1) is 28.5 Å². The van der Waals surface area contributed by atoms with Gasteiger partial charge in [0, 0.05) is 18.3 Å². The van der Waals surface area contributed by atoms with Gasteiger partial charge in [0.2, 0.25) is 5.95 Å². The molecule has 0 aliphatic heterocycles. The van der Waals surface area contributed by atoms with Gasteiger partial charge in [-0.25, -0.2) is 15.0 Å². The Morgan fingerprint density at radius 3 is 2.53 bits per heavy atom. The molecule has 0 atom stereocenters. The Hall–Kier alpha value is -3.74.